The van der Waals surface area contributed by atoms with Crippen LogP contribution in [-0.2, 0) is 4.79 Å². The first-order valence-electron chi connectivity index (χ1n) is 8.72. The van der Waals surface area contributed by atoms with Crippen LogP contribution in [0.25, 0.3) is 6.08 Å². The van der Waals surface area contributed by atoms with Crippen molar-refractivity contribution in [3.8, 4) is 23.0 Å². The fraction of sp³-hybridized carbons (Fsp3) is 0.0870. The number of carbonyl (C=O) groups is 1. The van der Waals surface area contributed by atoms with Crippen molar-refractivity contribution in [3.63, 3.8) is 0 Å². The quantitative estimate of drug-likeness (QED) is 0.581. The van der Waals surface area contributed by atoms with Gasteiger partial charge < -0.3 is 19.5 Å². The van der Waals surface area contributed by atoms with Crippen molar-refractivity contribution < 1.29 is 19.0 Å². The first-order chi connectivity index (χ1) is 13.7. The van der Waals surface area contributed by atoms with E-state index in [-0.39, 0.29) is 5.91 Å². The number of para-hydroxylation sites is 1. The molecule has 142 valence electrons. The van der Waals surface area contributed by atoms with Crippen LogP contribution < -0.4 is 19.5 Å². The average molecular weight is 375 g/mol. The molecule has 3 aromatic rings. The molecule has 0 aromatic heterocycles. The molecule has 0 aliphatic rings. The Bertz CT molecular complexity index is 967. The fourth-order valence-corrected chi connectivity index (χ4v) is 2.55. The Labute approximate surface area is 164 Å². The first kappa shape index (κ1) is 19.0. The van der Waals surface area contributed by atoms with Crippen molar-refractivity contribution in [1.29, 1.82) is 0 Å². The molecule has 3 aromatic carbocycles. The van der Waals surface area contributed by atoms with Gasteiger partial charge in [-0.05, 0) is 48.0 Å². The molecular formula is C23H21NO4. The van der Waals surface area contributed by atoms with Gasteiger partial charge in [0.2, 0.25) is 5.91 Å². The summed E-state index contributed by atoms with van der Waals surface area (Å²) in [4.78, 5) is 12.3. The number of amides is 1. The minimum Gasteiger partial charge on any atom is -0.497 e. The third kappa shape index (κ3) is 5.14. The van der Waals surface area contributed by atoms with Gasteiger partial charge in [0.15, 0.2) is 0 Å². The second-order valence-electron chi connectivity index (χ2n) is 5.88. The summed E-state index contributed by atoms with van der Waals surface area (Å²) in [6.07, 6.45) is 3.19. The maximum Gasteiger partial charge on any atom is 0.248 e. The van der Waals surface area contributed by atoms with E-state index in [1.807, 2.05) is 54.6 Å². The molecule has 1 amide bonds. The van der Waals surface area contributed by atoms with Crippen LogP contribution >= 0.6 is 0 Å². The minimum atomic E-state index is -0.266. The third-order valence-corrected chi connectivity index (χ3v) is 3.93. The van der Waals surface area contributed by atoms with E-state index in [9.17, 15) is 4.79 Å². The summed E-state index contributed by atoms with van der Waals surface area (Å²) in [6.45, 7) is 0. The second-order valence-corrected chi connectivity index (χ2v) is 5.88. The Hall–Kier alpha value is -3.73. The van der Waals surface area contributed by atoms with Gasteiger partial charge in [0.25, 0.3) is 0 Å². The zero-order valence-corrected chi connectivity index (χ0v) is 15.7. The van der Waals surface area contributed by atoms with Crippen LogP contribution in [0.1, 0.15) is 5.56 Å². The molecule has 0 aliphatic heterocycles. The van der Waals surface area contributed by atoms with Gasteiger partial charge in [-0.1, -0.05) is 30.3 Å². The van der Waals surface area contributed by atoms with E-state index in [2.05, 4.69) is 5.32 Å². The summed E-state index contributed by atoms with van der Waals surface area (Å²) < 4.78 is 16.3. The van der Waals surface area contributed by atoms with Crippen LogP contribution in [0.2, 0.25) is 0 Å². The van der Waals surface area contributed by atoms with E-state index in [0.717, 1.165) is 11.3 Å². The summed E-state index contributed by atoms with van der Waals surface area (Å²) in [5.41, 5.74) is 1.42. The lowest BCUT2D eigenvalue weighted by atomic mass is 10.2. The molecule has 5 nitrogen and oxygen atoms in total. The molecule has 0 saturated carbocycles. The Morgan fingerprint density at radius 3 is 2.36 bits per heavy atom. The van der Waals surface area contributed by atoms with Crippen LogP contribution in [0.5, 0.6) is 23.0 Å². The zero-order valence-electron chi connectivity index (χ0n) is 15.7. The molecule has 1 N–H and O–H groups in total. The van der Waals surface area contributed by atoms with Gasteiger partial charge in [-0.25, -0.2) is 0 Å². The number of anilines is 1. The highest BCUT2D eigenvalue weighted by Crippen LogP contribution is 2.29. The molecule has 0 spiro atoms. The van der Waals surface area contributed by atoms with Crippen LogP contribution in [0.15, 0.2) is 78.9 Å². The highest BCUT2D eigenvalue weighted by Gasteiger charge is 2.07. The number of ether oxygens (including phenoxy) is 3. The maximum atomic E-state index is 12.3. The number of carbonyl (C=O) groups excluding carboxylic acids is 1. The van der Waals surface area contributed by atoms with Gasteiger partial charge in [0, 0.05) is 12.1 Å². The molecule has 0 fully saturated rings. The lowest BCUT2D eigenvalue weighted by Gasteiger charge is -2.10. The Morgan fingerprint density at radius 1 is 0.821 bits per heavy atom. The lowest BCUT2D eigenvalue weighted by molar-refractivity contribution is -0.111. The lowest BCUT2D eigenvalue weighted by Crippen LogP contribution is -2.09. The molecule has 0 atom stereocenters. The van der Waals surface area contributed by atoms with Crippen molar-refractivity contribution in [2.24, 2.45) is 0 Å². The number of hydrogen-bond donors (Lipinski definition) is 1. The summed E-state index contributed by atoms with van der Waals surface area (Å²) in [5.74, 6) is 2.37. The molecule has 0 radical (unpaired) electrons. The third-order valence-electron chi connectivity index (χ3n) is 3.93. The average Bonchev–Trinajstić information content (AvgIpc) is 2.73. The number of nitrogens with one attached hydrogen (secondary N) is 1. The van der Waals surface area contributed by atoms with E-state index in [1.165, 1.54) is 6.08 Å². The smallest absolute Gasteiger partial charge is 0.248 e. The van der Waals surface area contributed by atoms with Crippen LogP contribution in [0, 0.1) is 0 Å². The minimum absolute atomic E-state index is 0.266. The molecule has 0 bridgehead atoms. The van der Waals surface area contributed by atoms with Crippen LogP contribution in [0.4, 0.5) is 5.69 Å². The highest BCUT2D eigenvalue weighted by atomic mass is 16.5. The van der Waals surface area contributed by atoms with Crippen LogP contribution in [0.3, 0.4) is 0 Å². The second kappa shape index (κ2) is 9.28. The summed E-state index contributed by atoms with van der Waals surface area (Å²) in [5, 5.41) is 2.80. The topological polar surface area (TPSA) is 56.8 Å². The molecule has 3 rings (SSSR count). The van der Waals surface area contributed by atoms with Gasteiger partial charge in [-0.15, -0.1) is 0 Å². The van der Waals surface area contributed by atoms with Crippen molar-refractivity contribution >= 4 is 17.7 Å². The summed E-state index contributed by atoms with van der Waals surface area (Å²) >= 11 is 0. The summed E-state index contributed by atoms with van der Waals surface area (Å²) in [6, 6.07) is 22.2. The number of rotatable bonds is 7. The normalized spacial score (nSPS) is 10.5. The van der Waals surface area contributed by atoms with Crippen molar-refractivity contribution in [2.45, 2.75) is 0 Å². The van der Waals surface area contributed by atoms with E-state index in [1.54, 1.807) is 38.5 Å². The van der Waals surface area contributed by atoms with Gasteiger partial charge in [0.05, 0.1) is 19.9 Å². The van der Waals surface area contributed by atoms with Crippen molar-refractivity contribution in [2.75, 3.05) is 19.5 Å². The fourth-order valence-electron chi connectivity index (χ4n) is 2.55. The molecule has 5 heteroatoms. The number of hydrogen-bond acceptors (Lipinski definition) is 4. The predicted molar refractivity (Wildman–Crippen MR) is 110 cm³/mol. The van der Waals surface area contributed by atoms with Crippen molar-refractivity contribution in [1.82, 2.24) is 0 Å². The van der Waals surface area contributed by atoms with Gasteiger partial charge in [-0.3, -0.25) is 4.79 Å². The molecule has 0 unspecified atom stereocenters. The highest BCUT2D eigenvalue weighted by molar-refractivity contribution is 6.02. The maximum absolute atomic E-state index is 12.3. The molecule has 28 heavy (non-hydrogen) atoms. The van der Waals surface area contributed by atoms with E-state index < -0.39 is 0 Å². The van der Waals surface area contributed by atoms with Crippen molar-refractivity contribution in [3.05, 3.63) is 84.4 Å². The largest absolute Gasteiger partial charge is 0.497 e. The standard InChI is InChI=1S/C23H21NO4/c1-26-19-12-13-21(22(16-19)27-2)24-23(25)14-11-17-7-6-10-20(15-17)28-18-8-4-3-5-9-18/h3-16H,1-2H3,(H,24,25). The van der Waals surface area contributed by atoms with Gasteiger partial charge in [0.1, 0.15) is 23.0 Å². The van der Waals surface area contributed by atoms with Gasteiger partial charge in [-0.2, -0.15) is 0 Å². The summed E-state index contributed by atoms with van der Waals surface area (Å²) in [7, 11) is 3.11. The SMILES string of the molecule is COc1ccc(NC(=O)C=Cc2cccc(Oc3ccccc3)c2)c(OC)c1. The first-order valence-corrected chi connectivity index (χ1v) is 8.72. The number of methoxy groups -OCH3 is 2. The number of benzene rings is 3. The van der Waals surface area contributed by atoms with Crippen LogP contribution in [-0.4, -0.2) is 20.1 Å². The Morgan fingerprint density at radius 2 is 1.61 bits per heavy atom. The Balaban J connectivity index is 1.67. The van der Waals surface area contributed by atoms with E-state index >= 15 is 0 Å². The molecule has 0 saturated heterocycles. The Kier molecular flexibility index (Phi) is 6.31. The predicted octanol–water partition coefficient (Wildman–Crippen LogP) is 5.15. The monoisotopic (exact) mass is 375 g/mol. The van der Waals surface area contributed by atoms with E-state index in [0.29, 0.717) is 22.9 Å². The molecule has 0 aliphatic carbocycles. The van der Waals surface area contributed by atoms with E-state index in [4.69, 9.17) is 14.2 Å². The van der Waals surface area contributed by atoms with Gasteiger partial charge >= 0.3 is 0 Å². The molecule has 0 heterocycles. The zero-order chi connectivity index (χ0) is 19.8. The molecular weight excluding hydrogens is 354 g/mol.